The Morgan fingerprint density at radius 2 is 1.84 bits per heavy atom. The van der Waals surface area contributed by atoms with Gasteiger partial charge in [-0.3, -0.25) is 0 Å². The molecule has 3 nitrogen and oxygen atoms in total. The fourth-order valence-corrected chi connectivity index (χ4v) is 3.94. The Balaban J connectivity index is 2.40. The summed E-state index contributed by atoms with van der Waals surface area (Å²) in [5, 5.41) is 0. The Morgan fingerprint density at radius 1 is 1.16 bits per heavy atom. The van der Waals surface area contributed by atoms with Crippen LogP contribution in [-0.2, 0) is 15.6 Å². The highest BCUT2D eigenvalue weighted by molar-refractivity contribution is 9.10. The van der Waals surface area contributed by atoms with Gasteiger partial charge in [-0.25, -0.2) is 8.42 Å². The van der Waals surface area contributed by atoms with Crippen LogP contribution in [0.25, 0.3) is 0 Å². The third-order valence-corrected chi connectivity index (χ3v) is 5.19. The molecule has 0 aliphatic heterocycles. The fourth-order valence-electron chi connectivity index (χ4n) is 1.89. The van der Waals surface area contributed by atoms with E-state index in [2.05, 4.69) is 15.9 Å². The lowest BCUT2D eigenvalue weighted by Gasteiger charge is -2.09. The predicted octanol–water partition coefficient (Wildman–Crippen LogP) is 3.31. The molecule has 0 radical (unpaired) electrons. The second-order valence-corrected chi connectivity index (χ2v) is 7.24. The molecule has 0 unspecified atom stereocenters. The van der Waals surface area contributed by atoms with E-state index < -0.39 is 9.84 Å². The lowest BCUT2D eigenvalue weighted by Crippen LogP contribution is -2.08. The summed E-state index contributed by atoms with van der Waals surface area (Å²) in [5.41, 5.74) is 7.69. The van der Waals surface area contributed by atoms with Gasteiger partial charge in [0.25, 0.3) is 0 Å². The Kier molecular flexibility index (Phi) is 3.96. The van der Waals surface area contributed by atoms with Gasteiger partial charge < -0.3 is 5.73 Å². The summed E-state index contributed by atoms with van der Waals surface area (Å²) in [6, 6.07) is 12.2. The molecule has 0 bridgehead atoms. The van der Waals surface area contributed by atoms with Crippen LogP contribution in [0.15, 0.2) is 51.8 Å². The first-order valence-electron chi connectivity index (χ1n) is 5.72. The van der Waals surface area contributed by atoms with E-state index in [0.29, 0.717) is 16.1 Å². The van der Waals surface area contributed by atoms with Crippen LogP contribution < -0.4 is 5.73 Å². The number of halogens is 1. The summed E-state index contributed by atoms with van der Waals surface area (Å²) in [7, 11) is -3.37. The molecule has 0 atom stereocenters. The van der Waals surface area contributed by atoms with Crippen molar-refractivity contribution in [2.75, 3.05) is 5.73 Å². The minimum Gasteiger partial charge on any atom is -0.398 e. The highest BCUT2D eigenvalue weighted by Crippen LogP contribution is 2.24. The summed E-state index contributed by atoms with van der Waals surface area (Å²) < 4.78 is 25.6. The molecule has 2 rings (SSSR count). The second-order valence-electron chi connectivity index (χ2n) is 4.37. The van der Waals surface area contributed by atoms with E-state index in [-0.39, 0.29) is 5.75 Å². The Morgan fingerprint density at radius 3 is 2.47 bits per heavy atom. The zero-order valence-corrected chi connectivity index (χ0v) is 12.8. The van der Waals surface area contributed by atoms with Crippen molar-refractivity contribution >= 4 is 31.5 Å². The highest BCUT2D eigenvalue weighted by atomic mass is 79.9. The molecule has 2 aromatic carbocycles. The van der Waals surface area contributed by atoms with Gasteiger partial charge in [0.1, 0.15) is 0 Å². The molecule has 0 aliphatic carbocycles. The van der Waals surface area contributed by atoms with Crippen LogP contribution in [-0.4, -0.2) is 8.42 Å². The Labute approximate surface area is 121 Å². The number of nitrogen functional groups attached to an aromatic ring is 1. The van der Waals surface area contributed by atoms with Crippen LogP contribution in [0.5, 0.6) is 0 Å². The Bertz CT molecular complexity index is 711. The van der Waals surface area contributed by atoms with Gasteiger partial charge in [-0.15, -0.1) is 0 Å². The van der Waals surface area contributed by atoms with E-state index in [1.54, 1.807) is 43.3 Å². The van der Waals surface area contributed by atoms with Crippen LogP contribution in [0.4, 0.5) is 5.69 Å². The maximum absolute atomic E-state index is 12.4. The van der Waals surface area contributed by atoms with E-state index in [0.717, 1.165) is 10.0 Å². The molecule has 19 heavy (non-hydrogen) atoms. The van der Waals surface area contributed by atoms with Crippen molar-refractivity contribution in [2.24, 2.45) is 0 Å². The van der Waals surface area contributed by atoms with Crippen LogP contribution in [0.3, 0.4) is 0 Å². The average Bonchev–Trinajstić information content (AvgIpc) is 2.33. The van der Waals surface area contributed by atoms with Crippen molar-refractivity contribution in [1.82, 2.24) is 0 Å². The smallest absolute Gasteiger partial charge is 0.182 e. The lowest BCUT2D eigenvalue weighted by molar-refractivity contribution is 0.594. The van der Waals surface area contributed by atoms with Gasteiger partial charge >= 0.3 is 0 Å². The molecule has 0 saturated heterocycles. The molecule has 0 aliphatic rings. The number of sulfone groups is 1. The average molecular weight is 340 g/mol. The number of anilines is 1. The van der Waals surface area contributed by atoms with Crippen LogP contribution >= 0.6 is 15.9 Å². The number of nitrogens with two attached hydrogens (primary N) is 1. The number of benzene rings is 2. The topological polar surface area (TPSA) is 60.2 Å². The van der Waals surface area contributed by atoms with Gasteiger partial charge in [-0.05, 0) is 36.2 Å². The van der Waals surface area contributed by atoms with Crippen LogP contribution in [0.2, 0.25) is 0 Å². The molecule has 0 heterocycles. The maximum atomic E-state index is 12.4. The lowest BCUT2D eigenvalue weighted by atomic mass is 10.2. The first-order valence-corrected chi connectivity index (χ1v) is 8.17. The van der Waals surface area contributed by atoms with Crippen molar-refractivity contribution in [3.05, 3.63) is 58.1 Å². The van der Waals surface area contributed by atoms with E-state index in [9.17, 15) is 8.42 Å². The molecule has 0 fully saturated rings. The monoisotopic (exact) mass is 339 g/mol. The zero-order chi connectivity index (χ0) is 14.0. The van der Waals surface area contributed by atoms with E-state index in [4.69, 9.17) is 5.73 Å². The summed E-state index contributed by atoms with van der Waals surface area (Å²) in [4.78, 5) is 0.359. The first kappa shape index (κ1) is 14.1. The van der Waals surface area contributed by atoms with E-state index >= 15 is 0 Å². The molecule has 2 aromatic rings. The van der Waals surface area contributed by atoms with Crippen molar-refractivity contribution in [2.45, 2.75) is 17.6 Å². The minimum atomic E-state index is -3.37. The molecule has 0 spiro atoms. The Hall–Kier alpha value is -1.33. The van der Waals surface area contributed by atoms with Gasteiger partial charge in [0.15, 0.2) is 9.84 Å². The largest absolute Gasteiger partial charge is 0.398 e. The standard InChI is InChI=1S/C14H14BrNO2S/c1-10-4-2-3-5-14(10)19(17,18)9-11-6-7-12(15)8-13(11)16/h2-8H,9,16H2,1H3. The van der Waals surface area contributed by atoms with E-state index in [1.807, 2.05) is 6.07 Å². The normalized spacial score (nSPS) is 11.5. The number of hydrogen-bond donors (Lipinski definition) is 1. The third kappa shape index (κ3) is 3.16. The van der Waals surface area contributed by atoms with Crippen molar-refractivity contribution in [1.29, 1.82) is 0 Å². The summed E-state index contributed by atoms with van der Waals surface area (Å²) in [6.45, 7) is 1.79. The second kappa shape index (κ2) is 5.35. The highest BCUT2D eigenvalue weighted by Gasteiger charge is 2.18. The summed E-state index contributed by atoms with van der Waals surface area (Å²) >= 11 is 3.30. The number of hydrogen-bond acceptors (Lipinski definition) is 3. The third-order valence-electron chi connectivity index (χ3n) is 2.88. The number of rotatable bonds is 3. The van der Waals surface area contributed by atoms with Crippen molar-refractivity contribution < 1.29 is 8.42 Å². The minimum absolute atomic E-state index is 0.0863. The molecular weight excluding hydrogens is 326 g/mol. The van der Waals surface area contributed by atoms with E-state index in [1.165, 1.54) is 0 Å². The predicted molar refractivity (Wildman–Crippen MR) is 80.6 cm³/mol. The molecule has 0 amide bonds. The first-order chi connectivity index (χ1) is 8.90. The quantitative estimate of drug-likeness (QED) is 0.872. The number of aryl methyl sites for hydroxylation is 1. The molecule has 0 saturated carbocycles. The van der Waals surface area contributed by atoms with Gasteiger partial charge in [-0.2, -0.15) is 0 Å². The SMILES string of the molecule is Cc1ccccc1S(=O)(=O)Cc1ccc(Br)cc1N. The van der Waals surface area contributed by atoms with Gasteiger partial charge in [0.05, 0.1) is 10.6 Å². The molecule has 100 valence electrons. The fraction of sp³-hybridized carbons (Fsp3) is 0.143. The summed E-state index contributed by atoms with van der Waals surface area (Å²) in [5.74, 6) is -0.0863. The summed E-state index contributed by atoms with van der Waals surface area (Å²) in [6.07, 6.45) is 0. The van der Waals surface area contributed by atoms with Gasteiger partial charge in [0, 0.05) is 10.2 Å². The van der Waals surface area contributed by atoms with Gasteiger partial charge in [0.2, 0.25) is 0 Å². The van der Waals surface area contributed by atoms with Gasteiger partial charge in [-0.1, -0.05) is 40.2 Å². The zero-order valence-electron chi connectivity index (χ0n) is 10.4. The maximum Gasteiger partial charge on any atom is 0.182 e. The van der Waals surface area contributed by atoms with Crippen LogP contribution in [0.1, 0.15) is 11.1 Å². The van der Waals surface area contributed by atoms with Crippen molar-refractivity contribution in [3.8, 4) is 0 Å². The van der Waals surface area contributed by atoms with Crippen molar-refractivity contribution in [3.63, 3.8) is 0 Å². The van der Waals surface area contributed by atoms with Crippen LogP contribution in [0, 0.1) is 6.92 Å². The molecule has 5 heteroatoms. The molecule has 0 aromatic heterocycles. The molecule has 2 N–H and O–H groups in total. The molecular formula is C14H14BrNO2S.